The average Bonchev–Trinajstić information content (AvgIpc) is 2.14. The molecular formula is C14H24N2O. The SMILES string of the molecule is CN(CCOc1cccc(N)c1)CC(C)(C)C. The molecule has 0 heterocycles. The Morgan fingerprint density at radius 1 is 1.29 bits per heavy atom. The second-order valence-electron chi connectivity index (χ2n) is 5.72. The van der Waals surface area contributed by atoms with Gasteiger partial charge in [0.05, 0.1) is 0 Å². The van der Waals surface area contributed by atoms with Crippen molar-refractivity contribution in [2.75, 3.05) is 32.5 Å². The molecule has 1 aromatic carbocycles. The van der Waals surface area contributed by atoms with Crippen molar-refractivity contribution < 1.29 is 4.74 Å². The Bertz CT molecular complexity index is 344. The van der Waals surface area contributed by atoms with Gasteiger partial charge in [-0.25, -0.2) is 0 Å². The van der Waals surface area contributed by atoms with Crippen LogP contribution in [0.3, 0.4) is 0 Å². The molecule has 2 N–H and O–H groups in total. The van der Waals surface area contributed by atoms with Gasteiger partial charge < -0.3 is 15.4 Å². The smallest absolute Gasteiger partial charge is 0.121 e. The average molecular weight is 236 g/mol. The highest BCUT2D eigenvalue weighted by molar-refractivity contribution is 5.43. The molecule has 0 saturated carbocycles. The van der Waals surface area contributed by atoms with Crippen molar-refractivity contribution in [2.24, 2.45) is 5.41 Å². The number of nitrogen functional groups attached to an aromatic ring is 1. The number of likely N-dealkylation sites (N-methyl/N-ethyl adjacent to an activating group) is 1. The summed E-state index contributed by atoms with van der Waals surface area (Å²) in [5.74, 6) is 0.842. The number of anilines is 1. The molecule has 0 unspecified atom stereocenters. The summed E-state index contributed by atoms with van der Waals surface area (Å²) in [5.41, 5.74) is 6.75. The molecule has 0 aliphatic heterocycles. The van der Waals surface area contributed by atoms with E-state index >= 15 is 0 Å². The lowest BCUT2D eigenvalue weighted by Crippen LogP contribution is -2.32. The van der Waals surface area contributed by atoms with E-state index in [4.69, 9.17) is 10.5 Å². The molecule has 96 valence electrons. The molecule has 1 rings (SSSR count). The van der Waals surface area contributed by atoms with Gasteiger partial charge in [0, 0.05) is 24.8 Å². The van der Waals surface area contributed by atoms with Gasteiger partial charge in [-0.15, -0.1) is 0 Å². The molecule has 1 aromatic rings. The first kappa shape index (κ1) is 13.8. The van der Waals surface area contributed by atoms with Gasteiger partial charge in [-0.1, -0.05) is 26.8 Å². The molecule has 0 aliphatic carbocycles. The number of hydrogen-bond acceptors (Lipinski definition) is 3. The molecule has 0 amide bonds. The lowest BCUT2D eigenvalue weighted by molar-refractivity contribution is 0.188. The summed E-state index contributed by atoms with van der Waals surface area (Å²) in [6, 6.07) is 7.55. The third kappa shape index (κ3) is 6.17. The maximum Gasteiger partial charge on any atom is 0.121 e. The summed E-state index contributed by atoms with van der Waals surface area (Å²) in [6.07, 6.45) is 0. The number of ether oxygens (including phenoxy) is 1. The summed E-state index contributed by atoms with van der Waals surface area (Å²) in [6.45, 7) is 9.39. The van der Waals surface area contributed by atoms with Crippen molar-refractivity contribution in [3.05, 3.63) is 24.3 Å². The zero-order valence-corrected chi connectivity index (χ0v) is 11.4. The van der Waals surface area contributed by atoms with Crippen LogP contribution < -0.4 is 10.5 Å². The maximum atomic E-state index is 5.68. The summed E-state index contributed by atoms with van der Waals surface area (Å²) in [4.78, 5) is 2.28. The molecule has 0 spiro atoms. The number of benzene rings is 1. The monoisotopic (exact) mass is 236 g/mol. The molecule has 0 aliphatic rings. The van der Waals surface area contributed by atoms with Crippen LogP contribution in [0.5, 0.6) is 5.75 Å². The normalized spacial score (nSPS) is 11.8. The van der Waals surface area contributed by atoms with E-state index in [0.29, 0.717) is 12.0 Å². The Labute approximate surface area is 105 Å². The fraction of sp³-hybridized carbons (Fsp3) is 0.571. The zero-order valence-electron chi connectivity index (χ0n) is 11.4. The molecule has 0 radical (unpaired) electrons. The van der Waals surface area contributed by atoms with Gasteiger partial charge in [-0.2, -0.15) is 0 Å². The molecule has 0 fully saturated rings. The standard InChI is InChI=1S/C14H24N2O/c1-14(2,3)11-16(4)8-9-17-13-7-5-6-12(15)10-13/h5-7,10H,8-9,11,15H2,1-4H3. The van der Waals surface area contributed by atoms with Crippen LogP contribution in [0.2, 0.25) is 0 Å². The summed E-state index contributed by atoms with van der Waals surface area (Å²) >= 11 is 0. The van der Waals surface area contributed by atoms with Crippen LogP contribution >= 0.6 is 0 Å². The lowest BCUT2D eigenvalue weighted by Gasteiger charge is -2.26. The second kappa shape index (κ2) is 5.92. The van der Waals surface area contributed by atoms with Crippen molar-refractivity contribution >= 4 is 5.69 Å². The highest BCUT2D eigenvalue weighted by Gasteiger charge is 2.13. The maximum absolute atomic E-state index is 5.68. The van der Waals surface area contributed by atoms with Gasteiger partial charge in [0.1, 0.15) is 12.4 Å². The van der Waals surface area contributed by atoms with Crippen molar-refractivity contribution in [1.29, 1.82) is 0 Å². The minimum absolute atomic E-state index is 0.325. The predicted molar refractivity (Wildman–Crippen MR) is 73.3 cm³/mol. The molecule has 3 heteroatoms. The highest BCUT2D eigenvalue weighted by atomic mass is 16.5. The summed E-state index contributed by atoms with van der Waals surface area (Å²) in [5, 5.41) is 0. The Hall–Kier alpha value is -1.22. The Morgan fingerprint density at radius 2 is 2.00 bits per heavy atom. The first-order valence-electron chi connectivity index (χ1n) is 6.04. The quantitative estimate of drug-likeness (QED) is 0.799. The van der Waals surface area contributed by atoms with E-state index in [1.54, 1.807) is 0 Å². The van der Waals surface area contributed by atoms with Crippen LogP contribution in [0.1, 0.15) is 20.8 Å². The van der Waals surface area contributed by atoms with Crippen molar-refractivity contribution in [2.45, 2.75) is 20.8 Å². The van der Waals surface area contributed by atoms with Gasteiger partial charge >= 0.3 is 0 Å². The van der Waals surface area contributed by atoms with E-state index in [-0.39, 0.29) is 0 Å². The molecule has 17 heavy (non-hydrogen) atoms. The van der Waals surface area contributed by atoms with Crippen LogP contribution in [-0.4, -0.2) is 31.6 Å². The largest absolute Gasteiger partial charge is 0.492 e. The van der Waals surface area contributed by atoms with Crippen LogP contribution in [-0.2, 0) is 0 Å². The van der Waals surface area contributed by atoms with Gasteiger partial charge in [0.15, 0.2) is 0 Å². The Balaban J connectivity index is 2.28. The van der Waals surface area contributed by atoms with E-state index < -0.39 is 0 Å². The topological polar surface area (TPSA) is 38.5 Å². The van der Waals surface area contributed by atoms with E-state index in [0.717, 1.165) is 24.5 Å². The summed E-state index contributed by atoms with van der Waals surface area (Å²) in [7, 11) is 2.12. The van der Waals surface area contributed by atoms with Crippen LogP contribution in [0.25, 0.3) is 0 Å². The van der Waals surface area contributed by atoms with Crippen molar-refractivity contribution in [3.8, 4) is 5.75 Å². The number of nitrogens with zero attached hydrogens (tertiary/aromatic N) is 1. The van der Waals surface area contributed by atoms with E-state index in [1.807, 2.05) is 24.3 Å². The third-order valence-corrected chi connectivity index (χ3v) is 2.34. The van der Waals surface area contributed by atoms with Gasteiger partial charge in [0.25, 0.3) is 0 Å². The third-order valence-electron chi connectivity index (χ3n) is 2.34. The van der Waals surface area contributed by atoms with Crippen LogP contribution in [0, 0.1) is 5.41 Å². The molecule has 3 nitrogen and oxygen atoms in total. The number of hydrogen-bond donors (Lipinski definition) is 1. The van der Waals surface area contributed by atoms with E-state index in [1.165, 1.54) is 0 Å². The first-order valence-corrected chi connectivity index (χ1v) is 6.04. The number of nitrogens with two attached hydrogens (primary N) is 1. The van der Waals surface area contributed by atoms with Crippen LogP contribution in [0.4, 0.5) is 5.69 Å². The van der Waals surface area contributed by atoms with Crippen molar-refractivity contribution in [1.82, 2.24) is 4.90 Å². The van der Waals surface area contributed by atoms with E-state index in [9.17, 15) is 0 Å². The van der Waals surface area contributed by atoms with Crippen LogP contribution in [0.15, 0.2) is 24.3 Å². The molecule has 0 saturated heterocycles. The fourth-order valence-corrected chi connectivity index (χ4v) is 1.81. The number of rotatable bonds is 5. The van der Waals surface area contributed by atoms with E-state index in [2.05, 4.69) is 32.7 Å². The molecule has 0 aromatic heterocycles. The molecular weight excluding hydrogens is 212 g/mol. The second-order valence-corrected chi connectivity index (χ2v) is 5.72. The molecule has 0 bridgehead atoms. The van der Waals surface area contributed by atoms with Gasteiger partial charge in [0.2, 0.25) is 0 Å². The highest BCUT2D eigenvalue weighted by Crippen LogP contribution is 2.15. The van der Waals surface area contributed by atoms with Gasteiger partial charge in [-0.3, -0.25) is 0 Å². The Kier molecular flexibility index (Phi) is 4.82. The minimum Gasteiger partial charge on any atom is -0.492 e. The fourth-order valence-electron chi connectivity index (χ4n) is 1.81. The zero-order chi connectivity index (χ0) is 12.9. The predicted octanol–water partition coefficient (Wildman–Crippen LogP) is 2.63. The minimum atomic E-state index is 0.325. The summed E-state index contributed by atoms with van der Waals surface area (Å²) < 4.78 is 5.65. The van der Waals surface area contributed by atoms with Gasteiger partial charge in [-0.05, 0) is 24.6 Å². The first-order chi connectivity index (χ1) is 7.87. The lowest BCUT2D eigenvalue weighted by atomic mass is 9.96. The molecule has 0 atom stereocenters. The van der Waals surface area contributed by atoms with Crippen molar-refractivity contribution in [3.63, 3.8) is 0 Å². The Morgan fingerprint density at radius 3 is 2.59 bits per heavy atom.